The smallest absolute Gasteiger partial charge is 0.126 e. The van der Waals surface area contributed by atoms with Crippen LogP contribution in [0.1, 0.15) is 18.9 Å². The highest BCUT2D eigenvalue weighted by molar-refractivity contribution is 5.81. The van der Waals surface area contributed by atoms with Crippen LogP contribution in [0.15, 0.2) is 18.3 Å². The van der Waals surface area contributed by atoms with Crippen molar-refractivity contribution in [3.05, 3.63) is 23.9 Å². The summed E-state index contributed by atoms with van der Waals surface area (Å²) in [7, 11) is 1.96. The maximum atomic E-state index is 6.03. The van der Waals surface area contributed by atoms with Crippen molar-refractivity contribution >= 4 is 10.9 Å². The van der Waals surface area contributed by atoms with Crippen LogP contribution in [0.3, 0.4) is 0 Å². The van der Waals surface area contributed by atoms with Gasteiger partial charge >= 0.3 is 0 Å². The lowest BCUT2D eigenvalue weighted by atomic mass is 10.1. The molecule has 0 saturated carbocycles. The molecule has 2 heterocycles. The highest BCUT2D eigenvalue weighted by Gasteiger charge is 2.17. The number of nitrogens with one attached hydrogen (secondary N) is 1. The Labute approximate surface area is 101 Å². The number of ether oxygens (including phenoxy) is 1. The van der Waals surface area contributed by atoms with Crippen molar-refractivity contribution in [2.75, 3.05) is 6.54 Å². The van der Waals surface area contributed by atoms with Crippen molar-refractivity contribution in [2.24, 2.45) is 7.05 Å². The van der Waals surface area contributed by atoms with Crippen LogP contribution in [0.2, 0.25) is 0 Å². The molecule has 17 heavy (non-hydrogen) atoms. The third-order valence-electron chi connectivity index (χ3n) is 3.36. The van der Waals surface area contributed by atoms with Gasteiger partial charge in [-0.2, -0.15) is 5.10 Å². The molecule has 2 aromatic rings. The number of hydrogen-bond donors (Lipinski definition) is 1. The largest absolute Gasteiger partial charge is 0.489 e. The Morgan fingerprint density at radius 3 is 3.24 bits per heavy atom. The van der Waals surface area contributed by atoms with Gasteiger partial charge in [0.15, 0.2) is 0 Å². The van der Waals surface area contributed by atoms with Gasteiger partial charge in [-0.1, -0.05) is 6.92 Å². The molecule has 0 saturated heterocycles. The topological polar surface area (TPSA) is 39.1 Å². The van der Waals surface area contributed by atoms with Crippen LogP contribution in [0.4, 0.5) is 0 Å². The molecule has 4 heteroatoms. The van der Waals surface area contributed by atoms with Gasteiger partial charge in [0.05, 0.1) is 11.7 Å². The molecule has 1 N–H and O–H groups in total. The summed E-state index contributed by atoms with van der Waals surface area (Å²) in [6, 6.07) is 4.27. The summed E-state index contributed by atoms with van der Waals surface area (Å²) in [5.41, 5.74) is 2.35. The standard InChI is InChI=1S/C13H17N3O/c1-3-11-8-14-6-10-4-9-7-15-16(2)12(9)5-13(10)17-11/h4-5,7,11,14H,3,6,8H2,1-2H3/t11-/m1/s1. The number of fused-ring (bicyclic) bond motifs is 2. The zero-order chi connectivity index (χ0) is 11.8. The summed E-state index contributed by atoms with van der Waals surface area (Å²) in [4.78, 5) is 0. The quantitative estimate of drug-likeness (QED) is 0.814. The van der Waals surface area contributed by atoms with Gasteiger partial charge in [0.25, 0.3) is 0 Å². The van der Waals surface area contributed by atoms with Gasteiger partial charge in [-0.3, -0.25) is 4.68 Å². The number of benzene rings is 1. The van der Waals surface area contributed by atoms with Gasteiger partial charge in [0.1, 0.15) is 11.9 Å². The maximum absolute atomic E-state index is 6.03. The fraction of sp³-hybridized carbons (Fsp3) is 0.462. The predicted molar refractivity (Wildman–Crippen MR) is 67.1 cm³/mol. The molecule has 0 spiro atoms. The predicted octanol–water partition coefficient (Wildman–Crippen LogP) is 1.83. The summed E-state index contributed by atoms with van der Waals surface area (Å²) in [6.07, 6.45) is 3.19. The molecular weight excluding hydrogens is 214 g/mol. The van der Waals surface area contributed by atoms with Crippen LogP contribution in [-0.4, -0.2) is 22.4 Å². The normalized spacial score (nSPS) is 19.8. The SMILES string of the molecule is CC[C@@H]1CNCc2cc3cnn(C)c3cc2O1. The van der Waals surface area contributed by atoms with E-state index < -0.39 is 0 Å². The van der Waals surface area contributed by atoms with Gasteiger partial charge in [0.2, 0.25) is 0 Å². The number of rotatable bonds is 1. The first-order valence-corrected chi connectivity index (χ1v) is 6.10. The zero-order valence-electron chi connectivity index (χ0n) is 10.2. The number of aryl methyl sites for hydroxylation is 1. The van der Waals surface area contributed by atoms with Crippen LogP contribution in [0.25, 0.3) is 10.9 Å². The van der Waals surface area contributed by atoms with E-state index >= 15 is 0 Å². The van der Waals surface area contributed by atoms with E-state index in [1.807, 2.05) is 17.9 Å². The van der Waals surface area contributed by atoms with Crippen LogP contribution >= 0.6 is 0 Å². The monoisotopic (exact) mass is 231 g/mol. The van der Waals surface area contributed by atoms with E-state index in [4.69, 9.17) is 4.74 Å². The van der Waals surface area contributed by atoms with Gasteiger partial charge in [0, 0.05) is 37.2 Å². The summed E-state index contributed by atoms with van der Waals surface area (Å²) < 4.78 is 7.92. The first-order chi connectivity index (χ1) is 8.28. The van der Waals surface area contributed by atoms with Crippen molar-refractivity contribution in [1.29, 1.82) is 0 Å². The molecule has 1 aromatic heterocycles. The second kappa shape index (κ2) is 4.04. The Morgan fingerprint density at radius 1 is 1.53 bits per heavy atom. The molecule has 1 aromatic carbocycles. The highest BCUT2D eigenvalue weighted by Crippen LogP contribution is 2.28. The molecule has 4 nitrogen and oxygen atoms in total. The van der Waals surface area contributed by atoms with E-state index in [-0.39, 0.29) is 6.10 Å². The second-order valence-corrected chi connectivity index (χ2v) is 4.57. The Morgan fingerprint density at radius 2 is 2.41 bits per heavy atom. The minimum absolute atomic E-state index is 0.266. The lowest BCUT2D eigenvalue weighted by molar-refractivity contribution is 0.202. The average Bonchev–Trinajstić information content (AvgIpc) is 2.59. The first kappa shape index (κ1) is 10.6. The molecule has 1 atom stereocenters. The Kier molecular flexibility index (Phi) is 2.52. The van der Waals surface area contributed by atoms with E-state index in [0.717, 1.165) is 30.8 Å². The van der Waals surface area contributed by atoms with Gasteiger partial charge in [-0.05, 0) is 12.5 Å². The third-order valence-corrected chi connectivity index (χ3v) is 3.36. The second-order valence-electron chi connectivity index (χ2n) is 4.57. The molecule has 90 valence electrons. The van der Waals surface area contributed by atoms with Gasteiger partial charge < -0.3 is 10.1 Å². The van der Waals surface area contributed by atoms with E-state index in [0.29, 0.717) is 0 Å². The van der Waals surface area contributed by atoms with Crippen LogP contribution in [0, 0.1) is 0 Å². The van der Waals surface area contributed by atoms with Crippen LogP contribution < -0.4 is 10.1 Å². The minimum atomic E-state index is 0.266. The fourth-order valence-corrected chi connectivity index (χ4v) is 2.29. The molecule has 0 amide bonds. The van der Waals surface area contributed by atoms with Crippen molar-refractivity contribution < 1.29 is 4.74 Å². The minimum Gasteiger partial charge on any atom is -0.489 e. The van der Waals surface area contributed by atoms with Crippen LogP contribution in [0.5, 0.6) is 5.75 Å². The highest BCUT2D eigenvalue weighted by atomic mass is 16.5. The molecule has 1 aliphatic rings. The Hall–Kier alpha value is -1.55. The van der Waals surface area contributed by atoms with E-state index in [2.05, 4.69) is 29.5 Å². The molecule has 0 radical (unpaired) electrons. The lowest BCUT2D eigenvalue weighted by Gasteiger charge is -2.15. The molecule has 0 aliphatic carbocycles. The Balaban J connectivity index is 2.10. The van der Waals surface area contributed by atoms with Crippen molar-refractivity contribution in [3.63, 3.8) is 0 Å². The third kappa shape index (κ3) is 1.78. The fourth-order valence-electron chi connectivity index (χ4n) is 2.29. The molecule has 3 rings (SSSR count). The average molecular weight is 231 g/mol. The summed E-state index contributed by atoms with van der Waals surface area (Å²) in [6.45, 7) is 3.94. The zero-order valence-corrected chi connectivity index (χ0v) is 10.2. The summed E-state index contributed by atoms with van der Waals surface area (Å²) in [5, 5.41) is 8.87. The molecule has 0 bridgehead atoms. The number of hydrogen-bond acceptors (Lipinski definition) is 3. The van der Waals surface area contributed by atoms with E-state index in [9.17, 15) is 0 Å². The molecule has 0 unspecified atom stereocenters. The summed E-state index contributed by atoms with van der Waals surface area (Å²) in [5.74, 6) is 0.998. The van der Waals surface area contributed by atoms with Crippen LogP contribution in [-0.2, 0) is 13.6 Å². The van der Waals surface area contributed by atoms with Gasteiger partial charge in [-0.25, -0.2) is 0 Å². The Bertz CT molecular complexity index is 547. The number of nitrogens with zero attached hydrogens (tertiary/aromatic N) is 2. The number of aromatic nitrogens is 2. The first-order valence-electron chi connectivity index (χ1n) is 6.10. The molecular formula is C13H17N3O. The van der Waals surface area contributed by atoms with Crippen molar-refractivity contribution in [2.45, 2.75) is 26.0 Å². The van der Waals surface area contributed by atoms with E-state index in [1.165, 1.54) is 10.9 Å². The van der Waals surface area contributed by atoms with Gasteiger partial charge in [-0.15, -0.1) is 0 Å². The summed E-state index contributed by atoms with van der Waals surface area (Å²) >= 11 is 0. The molecule has 1 aliphatic heterocycles. The van der Waals surface area contributed by atoms with Crippen molar-refractivity contribution in [3.8, 4) is 5.75 Å². The maximum Gasteiger partial charge on any atom is 0.126 e. The lowest BCUT2D eigenvalue weighted by Crippen LogP contribution is -2.27. The molecule has 0 fully saturated rings. The van der Waals surface area contributed by atoms with Crippen molar-refractivity contribution in [1.82, 2.24) is 15.1 Å². The van der Waals surface area contributed by atoms with E-state index in [1.54, 1.807) is 0 Å².